The summed E-state index contributed by atoms with van der Waals surface area (Å²) in [6, 6.07) is 7.79. The van der Waals surface area contributed by atoms with Crippen molar-refractivity contribution in [1.29, 1.82) is 0 Å². The lowest BCUT2D eigenvalue weighted by Crippen LogP contribution is -2.36. The number of halogens is 2. The van der Waals surface area contributed by atoms with E-state index in [-0.39, 0.29) is 22.1 Å². The summed E-state index contributed by atoms with van der Waals surface area (Å²) in [6.07, 6.45) is 6.33. The largest absolute Gasteiger partial charge is 0.491 e. The van der Waals surface area contributed by atoms with E-state index in [4.69, 9.17) is 21.1 Å². The fourth-order valence-corrected chi connectivity index (χ4v) is 6.41. The number of rotatable bonds is 11. The fraction of sp³-hybridized carbons (Fsp3) is 0.379. The molecule has 2 fully saturated rings. The number of nitrogens with zero attached hydrogens (tertiary/aromatic N) is 3. The molecule has 3 heterocycles. The van der Waals surface area contributed by atoms with Gasteiger partial charge in [-0.2, -0.15) is 0 Å². The number of carbonyl (C=O) groups excluding carboxylic acids is 2. The highest BCUT2D eigenvalue weighted by Gasteiger charge is 2.31. The van der Waals surface area contributed by atoms with E-state index >= 15 is 0 Å². The van der Waals surface area contributed by atoms with Gasteiger partial charge in [0.15, 0.2) is 0 Å². The third-order valence-electron chi connectivity index (χ3n) is 7.02. The number of piperidine rings is 1. The number of ether oxygens (including phenoxy) is 2. The Kier molecular flexibility index (Phi) is 9.58. The average molecular weight is 600 g/mol. The highest BCUT2D eigenvalue weighted by atomic mass is 35.5. The molecule has 2 N–H and O–H groups in total. The van der Waals surface area contributed by atoms with Crippen LogP contribution in [0.15, 0.2) is 49.3 Å². The Morgan fingerprint density at radius 2 is 2.07 bits per heavy atom. The number of nitrogens with one attached hydrogen (secondary N) is 2. The first kappa shape index (κ1) is 29.1. The summed E-state index contributed by atoms with van der Waals surface area (Å²) >= 11 is 7.70. The van der Waals surface area contributed by atoms with Gasteiger partial charge in [-0.1, -0.05) is 18.2 Å². The number of esters is 1. The van der Waals surface area contributed by atoms with Gasteiger partial charge in [0.25, 0.3) is 0 Å². The van der Waals surface area contributed by atoms with Gasteiger partial charge >= 0.3 is 5.97 Å². The van der Waals surface area contributed by atoms with Crippen LogP contribution in [0, 0.1) is 5.82 Å². The van der Waals surface area contributed by atoms with Crippen LogP contribution in [-0.2, 0) is 14.3 Å². The predicted molar refractivity (Wildman–Crippen MR) is 160 cm³/mol. The molecule has 2 saturated heterocycles. The summed E-state index contributed by atoms with van der Waals surface area (Å²) in [5, 5.41) is 7.05. The summed E-state index contributed by atoms with van der Waals surface area (Å²) in [4.78, 5) is 35.1. The van der Waals surface area contributed by atoms with E-state index in [2.05, 4.69) is 32.1 Å². The van der Waals surface area contributed by atoms with E-state index in [1.807, 2.05) is 0 Å². The molecule has 216 valence electrons. The van der Waals surface area contributed by atoms with Gasteiger partial charge in [-0.05, 0) is 62.7 Å². The van der Waals surface area contributed by atoms with Crippen LogP contribution in [0.3, 0.4) is 0 Å². The number of carbonyl (C=O) groups is 2. The molecule has 5 rings (SSSR count). The van der Waals surface area contributed by atoms with Gasteiger partial charge in [-0.3, -0.25) is 9.59 Å². The van der Waals surface area contributed by atoms with E-state index in [1.165, 1.54) is 24.5 Å². The van der Waals surface area contributed by atoms with Crippen molar-refractivity contribution in [2.75, 3.05) is 43.5 Å². The molecule has 3 aromatic rings. The Morgan fingerprint density at radius 3 is 2.80 bits per heavy atom. The molecule has 12 heteroatoms. The second-order valence-electron chi connectivity index (χ2n) is 9.86. The van der Waals surface area contributed by atoms with E-state index in [1.54, 1.807) is 30.0 Å². The summed E-state index contributed by atoms with van der Waals surface area (Å²) in [5.41, 5.74) is 1.62. The molecule has 2 aromatic carbocycles. The molecular weight excluding hydrogens is 569 g/mol. The van der Waals surface area contributed by atoms with Crippen molar-refractivity contribution in [2.24, 2.45) is 0 Å². The SMILES string of the molecule is C=CC(=O)Nc1cc2c(Nc3ccc(F)c(Cl)c3)ncnc2cc1OCCCN1CCC(SC2CCOC2=O)CC1. The molecule has 0 radical (unpaired) electrons. The minimum absolute atomic E-state index is 0.00350. The number of cyclic esters (lactones) is 1. The third kappa shape index (κ3) is 7.46. The van der Waals surface area contributed by atoms with Crippen LogP contribution >= 0.6 is 23.4 Å². The van der Waals surface area contributed by atoms with E-state index in [9.17, 15) is 14.0 Å². The van der Waals surface area contributed by atoms with Gasteiger partial charge in [0.2, 0.25) is 5.91 Å². The first-order valence-electron chi connectivity index (χ1n) is 13.5. The third-order valence-corrected chi connectivity index (χ3v) is 8.92. The summed E-state index contributed by atoms with van der Waals surface area (Å²) < 4.78 is 24.8. The van der Waals surface area contributed by atoms with Crippen molar-refractivity contribution in [3.05, 3.63) is 60.2 Å². The number of hydrogen-bond donors (Lipinski definition) is 2. The number of thioether (sulfide) groups is 1. The van der Waals surface area contributed by atoms with E-state index < -0.39 is 5.82 Å². The lowest BCUT2D eigenvalue weighted by molar-refractivity contribution is -0.137. The fourth-order valence-electron chi connectivity index (χ4n) is 4.87. The van der Waals surface area contributed by atoms with Crippen molar-refractivity contribution in [3.63, 3.8) is 0 Å². The van der Waals surface area contributed by atoms with Crippen molar-refractivity contribution in [2.45, 2.75) is 36.2 Å². The summed E-state index contributed by atoms with van der Waals surface area (Å²) in [7, 11) is 0. The van der Waals surface area contributed by atoms with Crippen molar-refractivity contribution in [3.8, 4) is 5.75 Å². The van der Waals surface area contributed by atoms with Crippen LogP contribution in [0.4, 0.5) is 21.6 Å². The summed E-state index contributed by atoms with van der Waals surface area (Å²) in [5.74, 6) is -0.0106. The quantitative estimate of drug-likeness (QED) is 0.166. The Morgan fingerprint density at radius 1 is 1.24 bits per heavy atom. The highest BCUT2D eigenvalue weighted by molar-refractivity contribution is 8.01. The van der Waals surface area contributed by atoms with Gasteiger partial charge in [0.1, 0.15) is 29.0 Å². The predicted octanol–water partition coefficient (Wildman–Crippen LogP) is 5.57. The molecule has 2 aliphatic heterocycles. The van der Waals surface area contributed by atoms with Crippen molar-refractivity contribution < 1.29 is 23.5 Å². The van der Waals surface area contributed by atoms with E-state index in [0.29, 0.717) is 52.3 Å². The number of hydrogen-bond acceptors (Lipinski definition) is 9. The maximum atomic E-state index is 13.6. The van der Waals surface area contributed by atoms with E-state index in [0.717, 1.165) is 45.3 Å². The molecule has 41 heavy (non-hydrogen) atoms. The van der Waals surface area contributed by atoms with Crippen LogP contribution < -0.4 is 15.4 Å². The van der Waals surface area contributed by atoms with Crippen LogP contribution in [0.1, 0.15) is 25.7 Å². The molecule has 1 atom stereocenters. The Balaban J connectivity index is 1.21. The molecule has 1 amide bonds. The lowest BCUT2D eigenvalue weighted by atomic mass is 10.1. The number of fused-ring (bicyclic) bond motifs is 1. The first-order chi connectivity index (χ1) is 19.9. The average Bonchev–Trinajstić information content (AvgIpc) is 3.38. The first-order valence-corrected chi connectivity index (χ1v) is 14.8. The minimum atomic E-state index is -0.517. The second-order valence-corrected chi connectivity index (χ2v) is 11.8. The monoisotopic (exact) mass is 599 g/mol. The van der Waals surface area contributed by atoms with Gasteiger partial charge in [-0.15, -0.1) is 11.8 Å². The molecule has 2 aliphatic rings. The smallest absolute Gasteiger partial charge is 0.319 e. The molecule has 1 aromatic heterocycles. The topological polar surface area (TPSA) is 106 Å². The van der Waals surface area contributed by atoms with Crippen LogP contribution in [0.2, 0.25) is 5.02 Å². The molecular formula is C29H31ClFN5O4S. The Labute approximate surface area is 246 Å². The Bertz CT molecular complexity index is 1440. The number of likely N-dealkylation sites (tertiary alicyclic amines) is 1. The molecule has 9 nitrogen and oxygen atoms in total. The van der Waals surface area contributed by atoms with Crippen LogP contribution in [-0.4, -0.2) is 70.1 Å². The summed E-state index contributed by atoms with van der Waals surface area (Å²) in [6.45, 7) is 7.40. The van der Waals surface area contributed by atoms with Gasteiger partial charge < -0.3 is 25.0 Å². The Hall–Kier alpha value is -3.41. The zero-order valence-corrected chi connectivity index (χ0v) is 24.0. The maximum Gasteiger partial charge on any atom is 0.319 e. The number of benzene rings is 2. The molecule has 0 spiro atoms. The van der Waals surface area contributed by atoms with Gasteiger partial charge in [0.05, 0.1) is 29.4 Å². The molecule has 0 bridgehead atoms. The lowest BCUT2D eigenvalue weighted by Gasteiger charge is -2.32. The number of anilines is 3. The van der Waals surface area contributed by atoms with Crippen LogP contribution in [0.25, 0.3) is 10.9 Å². The van der Waals surface area contributed by atoms with Crippen LogP contribution in [0.5, 0.6) is 5.75 Å². The zero-order chi connectivity index (χ0) is 28.8. The standard InChI is InChI=1S/C29H31ClFN5O4S/c1-2-27(37)35-24-15-20-23(32-17-33-28(20)34-18-4-5-22(31)21(30)14-18)16-25(24)39-12-3-9-36-10-6-19(7-11-36)41-26-8-13-40-29(26)38/h2,4-5,14-17,19,26H,1,3,6-13H2,(H,35,37)(H,32,33,34). The normalized spacial score (nSPS) is 17.8. The minimum Gasteiger partial charge on any atom is -0.491 e. The number of aromatic nitrogens is 2. The van der Waals surface area contributed by atoms with Gasteiger partial charge in [-0.25, -0.2) is 14.4 Å². The van der Waals surface area contributed by atoms with Crippen molar-refractivity contribution >= 4 is 63.3 Å². The second kappa shape index (κ2) is 13.5. The molecule has 0 saturated carbocycles. The van der Waals surface area contributed by atoms with Gasteiger partial charge in [0, 0.05) is 35.4 Å². The molecule has 0 aliphatic carbocycles. The maximum absolute atomic E-state index is 13.6. The zero-order valence-electron chi connectivity index (χ0n) is 22.4. The molecule has 1 unspecified atom stereocenters. The number of amides is 1. The highest BCUT2D eigenvalue weighted by Crippen LogP contribution is 2.35. The van der Waals surface area contributed by atoms with Crippen molar-refractivity contribution in [1.82, 2.24) is 14.9 Å².